The van der Waals surface area contributed by atoms with Crippen LogP contribution in [0.1, 0.15) is 32.8 Å². The summed E-state index contributed by atoms with van der Waals surface area (Å²) in [6.07, 6.45) is 1.92. The normalized spacial score (nSPS) is 16.2. The van der Waals surface area contributed by atoms with Crippen LogP contribution in [-0.4, -0.2) is 37.1 Å². The number of hydrogen-bond acceptors (Lipinski definition) is 2. The van der Waals surface area contributed by atoms with Gasteiger partial charge in [0.1, 0.15) is 5.82 Å². The molecule has 2 unspecified atom stereocenters. The van der Waals surface area contributed by atoms with Crippen molar-refractivity contribution in [2.75, 3.05) is 20.6 Å². The van der Waals surface area contributed by atoms with E-state index in [1.165, 1.54) is 12.1 Å². The summed E-state index contributed by atoms with van der Waals surface area (Å²) in [7, 11) is 4.24. The Bertz CT molecular complexity index is 436. The first-order valence-corrected chi connectivity index (χ1v) is 7.99. The molecule has 2 atom stereocenters. The second kappa shape index (κ2) is 7.53. The highest BCUT2D eigenvalue weighted by atomic mass is 79.9. The lowest BCUT2D eigenvalue weighted by Crippen LogP contribution is -2.57. The minimum atomic E-state index is -0.202. The van der Waals surface area contributed by atoms with Gasteiger partial charge in [0.05, 0.1) is 0 Å². The van der Waals surface area contributed by atoms with Gasteiger partial charge in [-0.1, -0.05) is 35.8 Å². The molecule has 4 heteroatoms. The Hall–Kier alpha value is -0.450. The molecule has 0 saturated heterocycles. The van der Waals surface area contributed by atoms with Crippen LogP contribution in [0.5, 0.6) is 0 Å². The molecule has 1 rings (SSSR count). The zero-order chi connectivity index (χ0) is 15.3. The van der Waals surface area contributed by atoms with Gasteiger partial charge in [0.2, 0.25) is 0 Å². The number of likely N-dealkylation sites (N-methyl/N-ethyl adjacent to an activating group) is 2. The van der Waals surface area contributed by atoms with Crippen molar-refractivity contribution >= 4 is 15.9 Å². The van der Waals surface area contributed by atoms with E-state index in [9.17, 15) is 4.39 Å². The minimum Gasteiger partial charge on any atom is -0.312 e. The van der Waals surface area contributed by atoms with Crippen molar-refractivity contribution in [2.24, 2.45) is 0 Å². The van der Waals surface area contributed by atoms with Gasteiger partial charge in [-0.25, -0.2) is 4.39 Å². The fourth-order valence-electron chi connectivity index (χ4n) is 2.54. The third-order valence-corrected chi connectivity index (χ3v) is 5.12. The molecule has 0 radical (unpaired) electrons. The summed E-state index contributed by atoms with van der Waals surface area (Å²) < 4.78 is 14.1. The Balaban J connectivity index is 3.02. The number of rotatable bonds is 7. The molecular formula is C16H26BrFN2. The first kappa shape index (κ1) is 17.6. The summed E-state index contributed by atoms with van der Waals surface area (Å²) in [5.41, 5.74) is 1.20. The highest BCUT2D eigenvalue weighted by Crippen LogP contribution is 2.27. The molecule has 0 bridgehead atoms. The van der Waals surface area contributed by atoms with Crippen molar-refractivity contribution in [3.63, 3.8) is 0 Å². The molecule has 2 nitrogen and oxygen atoms in total. The predicted molar refractivity (Wildman–Crippen MR) is 87.7 cm³/mol. The van der Waals surface area contributed by atoms with Crippen LogP contribution in [0, 0.1) is 5.82 Å². The molecule has 0 aliphatic carbocycles. The van der Waals surface area contributed by atoms with Crippen molar-refractivity contribution in [3.05, 3.63) is 34.1 Å². The lowest BCUT2D eigenvalue weighted by atomic mass is 9.84. The monoisotopic (exact) mass is 344 g/mol. The molecule has 1 aromatic carbocycles. The molecule has 0 aliphatic rings. The summed E-state index contributed by atoms with van der Waals surface area (Å²) in [6, 6.07) is 5.25. The zero-order valence-electron chi connectivity index (χ0n) is 13.1. The van der Waals surface area contributed by atoms with E-state index in [4.69, 9.17) is 0 Å². The Morgan fingerprint density at radius 2 is 2.00 bits per heavy atom. The van der Waals surface area contributed by atoms with Gasteiger partial charge in [-0.15, -0.1) is 0 Å². The maximum absolute atomic E-state index is 13.2. The number of halogens is 2. The fourth-order valence-corrected chi connectivity index (χ4v) is 3.05. The molecule has 1 aromatic rings. The zero-order valence-corrected chi connectivity index (χ0v) is 14.7. The number of nitrogens with zero attached hydrogens (tertiary/aromatic N) is 1. The van der Waals surface area contributed by atoms with Gasteiger partial charge in [-0.2, -0.15) is 0 Å². The molecule has 0 saturated carbocycles. The summed E-state index contributed by atoms with van der Waals surface area (Å²) >= 11 is 3.47. The number of nitrogens with one attached hydrogen (secondary N) is 1. The summed E-state index contributed by atoms with van der Waals surface area (Å²) in [5.74, 6) is -0.202. The van der Waals surface area contributed by atoms with Gasteiger partial charge in [0.25, 0.3) is 0 Å². The van der Waals surface area contributed by atoms with Crippen LogP contribution in [-0.2, 0) is 6.42 Å². The van der Waals surface area contributed by atoms with E-state index < -0.39 is 0 Å². The molecule has 114 valence electrons. The maximum atomic E-state index is 13.2. The molecule has 0 aromatic heterocycles. The Kier molecular flexibility index (Phi) is 6.62. The van der Waals surface area contributed by atoms with E-state index in [0.717, 1.165) is 29.4 Å². The standard InChI is InChI=1S/C16H26BrFN2/c1-6-16(3,20(4)5)15(19-7-2)10-12-8-9-13(18)11-14(12)17/h8-9,11,15,19H,6-7,10H2,1-5H3. The van der Waals surface area contributed by atoms with Crippen molar-refractivity contribution in [1.29, 1.82) is 0 Å². The molecule has 0 heterocycles. The lowest BCUT2D eigenvalue weighted by molar-refractivity contribution is 0.113. The van der Waals surface area contributed by atoms with Crippen molar-refractivity contribution < 1.29 is 4.39 Å². The van der Waals surface area contributed by atoms with Gasteiger partial charge >= 0.3 is 0 Å². The quantitative estimate of drug-likeness (QED) is 0.808. The van der Waals surface area contributed by atoms with E-state index in [-0.39, 0.29) is 11.4 Å². The van der Waals surface area contributed by atoms with Crippen LogP contribution in [0.15, 0.2) is 22.7 Å². The van der Waals surface area contributed by atoms with Gasteiger partial charge in [0, 0.05) is 16.1 Å². The van der Waals surface area contributed by atoms with Gasteiger partial charge < -0.3 is 10.2 Å². The topological polar surface area (TPSA) is 15.3 Å². The Morgan fingerprint density at radius 1 is 1.35 bits per heavy atom. The Morgan fingerprint density at radius 3 is 2.45 bits per heavy atom. The van der Waals surface area contributed by atoms with Crippen molar-refractivity contribution in [1.82, 2.24) is 10.2 Å². The summed E-state index contributed by atoms with van der Waals surface area (Å²) in [6.45, 7) is 7.53. The molecule has 0 fully saturated rings. The molecular weight excluding hydrogens is 319 g/mol. The van der Waals surface area contributed by atoms with Crippen LogP contribution in [0.3, 0.4) is 0 Å². The van der Waals surface area contributed by atoms with Crippen LogP contribution in [0.4, 0.5) is 4.39 Å². The van der Waals surface area contributed by atoms with Gasteiger partial charge in [-0.3, -0.25) is 0 Å². The van der Waals surface area contributed by atoms with Crippen LogP contribution in [0.2, 0.25) is 0 Å². The largest absolute Gasteiger partial charge is 0.312 e. The fraction of sp³-hybridized carbons (Fsp3) is 0.625. The third-order valence-electron chi connectivity index (χ3n) is 4.38. The molecule has 0 aliphatic heterocycles. The Labute approximate surface area is 130 Å². The minimum absolute atomic E-state index is 0.0594. The third kappa shape index (κ3) is 4.03. The van der Waals surface area contributed by atoms with Crippen LogP contribution >= 0.6 is 15.9 Å². The van der Waals surface area contributed by atoms with Crippen LogP contribution in [0.25, 0.3) is 0 Å². The van der Waals surface area contributed by atoms with Gasteiger partial charge in [-0.05, 0) is 58.1 Å². The second-order valence-corrected chi connectivity index (χ2v) is 6.51. The van der Waals surface area contributed by atoms with E-state index in [0.29, 0.717) is 6.04 Å². The second-order valence-electron chi connectivity index (χ2n) is 5.66. The van der Waals surface area contributed by atoms with Gasteiger partial charge in [0.15, 0.2) is 0 Å². The number of benzene rings is 1. The van der Waals surface area contributed by atoms with Crippen molar-refractivity contribution in [3.8, 4) is 0 Å². The average molecular weight is 345 g/mol. The molecule has 0 spiro atoms. The van der Waals surface area contributed by atoms with E-state index in [1.54, 1.807) is 0 Å². The average Bonchev–Trinajstić information content (AvgIpc) is 2.39. The van der Waals surface area contributed by atoms with Crippen LogP contribution < -0.4 is 5.32 Å². The predicted octanol–water partition coefficient (Wildman–Crippen LogP) is 3.84. The summed E-state index contributed by atoms with van der Waals surface area (Å²) in [4.78, 5) is 2.28. The molecule has 1 N–H and O–H groups in total. The smallest absolute Gasteiger partial charge is 0.124 e. The molecule has 20 heavy (non-hydrogen) atoms. The number of hydrogen-bond donors (Lipinski definition) is 1. The molecule has 0 amide bonds. The van der Waals surface area contributed by atoms with E-state index in [2.05, 4.69) is 61.0 Å². The highest BCUT2D eigenvalue weighted by molar-refractivity contribution is 9.10. The first-order chi connectivity index (χ1) is 9.35. The SMILES string of the molecule is CCNC(Cc1ccc(F)cc1Br)C(C)(CC)N(C)C. The highest BCUT2D eigenvalue weighted by Gasteiger charge is 2.34. The summed E-state index contributed by atoms with van der Waals surface area (Å²) in [5, 5.41) is 3.59. The lowest BCUT2D eigenvalue weighted by Gasteiger charge is -2.43. The maximum Gasteiger partial charge on any atom is 0.124 e. The van der Waals surface area contributed by atoms with E-state index in [1.807, 2.05) is 6.07 Å². The van der Waals surface area contributed by atoms with E-state index >= 15 is 0 Å². The van der Waals surface area contributed by atoms with Crippen molar-refractivity contribution in [2.45, 2.75) is 45.2 Å². The first-order valence-electron chi connectivity index (χ1n) is 7.19.